The van der Waals surface area contributed by atoms with E-state index >= 15 is 0 Å². The van der Waals surface area contributed by atoms with E-state index < -0.39 is 0 Å². The van der Waals surface area contributed by atoms with Crippen LogP contribution >= 0.6 is 0 Å². The van der Waals surface area contributed by atoms with E-state index in [4.69, 9.17) is 0 Å². The molecular weight excluding hydrogens is 250 g/mol. The lowest BCUT2D eigenvalue weighted by molar-refractivity contribution is 0.484. The van der Waals surface area contributed by atoms with E-state index in [0.29, 0.717) is 0 Å². The van der Waals surface area contributed by atoms with E-state index in [1.165, 1.54) is 5.69 Å². The van der Waals surface area contributed by atoms with Gasteiger partial charge in [0, 0.05) is 26.2 Å². The number of aromatic nitrogens is 4. The Morgan fingerprint density at radius 1 is 1.20 bits per heavy atom. The predicted octanol–water partition coefficient (Wildman–Crippen LogP) is 2.09. The van der Waals surface area contributed by atoms with Gasteiger partial charge in [0.25, 0.3) is 0 Å². The molecule has 0 spiro atoms. The van der Waals surface area contributed by atoms with Crippen LogP contribution in [0.3, 0.4) is 0 Å². The van der Waals surface area contributed by atoms with Crippen LogP contribution in [-0.4, -0.2) is 26.1 Å². The molecule has 20 heavy (non-hydrogen) atoms. The molecule has 0 bridgehead atoms. The monoisotopic (exact) mass is 275 g/mol. The Balaban J connectivity index is 2.25. The summed E-state index contributed by atoms with van der Waals surface area (Å²) in [6.45, 7) is 8.26. The Hall–Kier alpha value is -1.62. The van der Waals surface area contributed by atoms with Gasteiger partial charge in [-0.1, -0.05) is 13.8 Å². The molecule has 2 rings (SSSR count). The third kappa shape index (κ3) is 3.28. The quantitative estimate of drug-likeness (QED) is 0.841. The molecule has 1 unspecified atom stereocenters. The van der Waals surface area contributed by atoms with Crippen molar-refractivity contribution in [2.24, 2.45) is 7.05 Å². The van der Waals surface area contributed by atoms with Crippen LogP contribution in [0.15, 0.2) is 18.3 Å². The van der Waals surface area contributed by atoms with Gasteiger partial charge >= 0.3 is 0 Å². The maximum atomic E-state index is 4.65. The first kappa shape index (κ1) is 14.8. The van der Waals surface area contributed by atoms with Crippen molar-refractivity contribution >= 4 is 0 Å². The lowest BCUT2D eigenvalue weighted by Crippen LogP contribution is -2.25. The second-order valence-electron chi connectivity index (χ2n) is 5.02. The lowest BCUT2D eigenvalue weighted by Gasteiger charge is -2.18. The Bertz CT molecular complexity index is 540. The van der Waals surface area contributed by atoms with Crippen LogP contribution in [0.25, 0.3) is 0 Å². The number of likely N-dealkylation sites (N-methyl/N-ethyl adjacent to an activating group) is 1. The maximum absolute atomic E-state index is 4.65. The largest absolute Gasteiger partial charge is 0.309 e. The predicted molar refractivity (Wildman–Crippen MR) is 80.6 cm³/mol. The molecule has 1 N–H and O–H groups in total. The van der Waals surface area contributed by atoms with Gasteiger partial charge in [-0.2, -0.15) is 10.2 Å². The fourth-order valence-corrected chi connectivity index (χ4v) is 2.50. The molecule has 0 aliphatic rings. The van der Waals surface area contributed by atoms with Gasteiger partial charge < -0.3 is 5.32 Å². The highest BCUT2D eigenvalue weighted by Gasteiger charge is 2.18. The summed E-state index contributed by atoms with van der Waals surface area (Å²) in [5.41, 5.74) is 3.53. The summed E-state index contributed by atoms with van der Waals surface area (Å²) in [5, 5.41) is 12.7. The Kier molecular flexibility index (Phi) is 4.95. The molecule has 2 heterocycles. The zero-order chi connectivity index (χ0) is 14.5. The van der Waals surface area contributed by atoms with Crippen molar-refractivity contribution in [3.05, 3.63) is 35.4 Å². The van der Waals surface area contributed by atoms with Gasteiger partial charge in [-0.15, -0.1) is 0 Å². The summed E-state index contributed by atoms with van der Waals surface area (Å²) in [7, 11) is 1.96. The summed E-state index contributed by atoms with van der Waals surface area (Å²) in [5.74, 6) is 0. The molecule has 2 aromatic rings. The lowest BCUT2D eigenvalue weighted by atomic mass is 10.1. The van der Waals surface area contributed by atoms with Crippen LogP contribution in [0.4, 0.5) is 0 Å². The zero-order valence-corrected chi connectivity index (χ0v) is 12.9. The molecular formula is C15H25N5. The first-order valence-corrected chi connectivity index (χ1v) is 7.46. The number of nitrogens with zero attached hydrogens (tertiary/aromatic N) is 4. The third-order valence-corrected chi connectivity index (χ3v) is 3.51. The molecule has 1 atom stereocenters. The van der Waals surface area contributed by atoms with Gasteiger partial charge in [0.1, 0.15) is 0 Å². The molecule has 0 aromatic carbocycles. The summed E-state index contributed by atoms with van der Waals surface area (Å²) >= 11 is 0. The summed E-state index contributed by atoms with van der Waals surface area (Å²) in [6.07, 6.45) is 3.86. The minimum absolute atomic E-state index is 0.266. The summed E-state index contributed by atoms with van der Waals surface area (Å²) < 4.78 is 3.96. The van der Waals surface area contributed by atoms with Gasteiger partial charge in [0.15, 0.2) is 0 Å². The molecule has 0 saturated heterocycles. The van der Waals surface area contributed by atoms with Crippen molar-refractivity contribution < 1.29 is 0 Å². The van der Waals surface area contributed by atoms with Crippen LogP contribution < -0.4 is 5.32 Å². The molecule has 0 saturated carbocycles. The molecule has 0 fully saturated rings. The number of aryl methyl sites for hydroxylation is 3. The van der Waals surface area contributed by atoms with E-state index in [9.17, 15) is 0 Å². The van der Waals surface area contributed by atoms with Gasteiger partial charge in [-0.3, -0.25) is 9.36 Å². The van der Waals surface area contributed by atoms with Crippen molar-refractivity contribution in [2.75, 3.05) is 6.54 Å². The highest BCUT2D eigenvalue weighted by Crippen LogP contribution is 2.19. The van der Waals surface area contributed by atoms with E-state index in [1.807, 2.05) is 17.9 Å². The average molecular weight is 275 g/mol. The molecule has 5 nitrogen and oxygen atoms in total. The number of nitrogens with one attached hydrogen (secondary N) is 1. The molecule has 2 aromatic heterocycles. The molecule has 0 aliphatic carbocycles. The molecule has 5 heteroatoms. The van der Waals surface area contributed by atoms with Gasteiger partial charge in [0.05, 0.1) is 23.1 Å². The highest BCUT2D eigenvalue weighted by molar-refractivity contribution is 5.17. The fourth-order valence-electron chi connectivity index (χ4n) is 2.50. The summed E-state index contributed by atoms with van der Waals surface area (Å²) in [6, 6.07) is 4.57. The Labute approximate surface area is 121 Å². The second-order valence-corrected chi connectivity index (χ2v) is 5.02. The maximum Gasteiger partial charge on any atom is 0.0644 e. The van der Waals surface area contributed by atoms with Gasteiger partial charge in [0.2, 0.25) is 0 Å². The number of hydrogen-bond donors (Lipinski definition) is 1. The molecule has 110 valence electrons. The van der Waals surface area contributed by atoms with Gasteiger partial charge in [-0.25, -0.2) is 0 Å². The van der Waals surface area contributed by atoms with E-state index in [2.05, 4.69) is 53.1 Å². The Morgan fingerprint density at radius 3 is 2.55 bits per heavy atom. The smallest absolute Gasteiger partial charge is 0.0644 e. The van der Waals surface area contributed by atoms with Crippen molar-refractivity contribution in [1.29, 1.82) is 0 Å². The van der Waals surface area contributed by atoms with Crippen LogP contribution in [0.5, 0.6) is 0 Å². The van der Waals surface area contributed by atoms with E-state index in [-0.39, 0.29) is 6.04 Å². The summed E-state index contributed by atoms with van der Waals surface area (Å²) in [4.78, 5) is 0. The van der Waals surface area contributed by atoms with Crippen molar-refractivity contribution in [3.63, 3.8) is 0 Å². The SMILES string of the molecule is CCNC(Cc1ccn(C)n1)c1cc(CC)nn1CC. The van der Waals surface area contributed by atoms with Crippen LogP contribution in [-0.2, 0) is 26.4 Å². The van der Waals surface area contributed by atoms with E-state index in [1.54, 1.807) is 0 Å². The van der Waals surface area contributed by atoms with Crippen LogP contribution in [0.1, 0.15) is 43.9 Å². The number of hydrogen-bond acceptors (Lipinski definition) is 3. The Morgan fingerprint density at radius 2 is 2.00 bits per heavy atom. The van der Waals surface area contributed by atoms with Gasteiger partial charge in [-0.05, 0) is 32.0 Å². The zero-order valence-electron chi connectivity index (χ0n) is 12.9. The van der Waals surface area contributed by atoms with Crippen LogP contribution in [0.2, 0.25) is 0 Å². The van der Waals surface area contributed by atoms with E-state index in [0.717, 1.165) is 37.3 Å². The number of rotatable bonds is 7. The average Bonchev–Trinajstić information content (AvgIpc) is 3.04. The second kappa shape index (κ2) is 6.70. The molecule has 0 radical (unpaired) electrons. The van der Waals surface area contributed by atoms with Crippen molar-refractivity contribution in [1.82, 2.24) is 24.9 Å². The first-order valence-electron chi connectivity index (χ1n) is 7.46. The minimum atomic E-state index is 0.266. The standard InChI is InChI=1S/C15H25N5/c1-5-12-11-15(20(7-3)18-12)14(16-6-2)10-13-8-9-19(4)17-13/h8-9,11,14,16H,5-7,10H2,1-4H3. The third-order valence-electron chi connectivity index (χ3n) is 3.51. The normalized spacial score (nSPS) is 12.8. The minimum Gasteiger partial charge on any atom is -0.309 e. The first-order chi connectivity index (χ1) is 9.67. The van der Waals surface area contributed by atoms with Crippen molar-refractivity contribution in [3.8, 4) is 0 Å². The highest BCUT2D eigenvalue weighted by atomic mass is 15.3. The molecule has 0 aliphatic heterocycles. The molecule has 0 amide bonds. The fraction of sp³-hybridized carbons (Fsp3) is 0.600. The van der Waals surface area contributed by atoms with Crippen LogP contribution in [0, 0.1) is 0 Å². The topological polar surface area (TPSA) is 47.7 Å². The van der Waals surface area contributed by atoms with Crippen molar-refractivity contribution in [2.45, 2.75) is 46.2 Å².